The fourth-order valence-corrected chi connectivity index (χ4v) is 1.64. The molecular formula is C40H36. The van der Waals surface area contributed by atoms with Crippen LogP contribution < -0.4 is 0 Å². The lowest BCUT2D eigenvalue weighted by Gasteiger charge is -1.89. The Morgan fingerprint density at radius 2 is 0.875 bits per heavy atom. The summed E-state index contributed by atoms with van der Waals surface area (Å²) in [6, 6.07) is 20.7. The quantitative estimate of drug-likeness (QED) is 0.271. The van der Waals surface area contributed by atoms with Gasteiger partial charge < -0.3 is 0 Å². The van der Waals surface area contributed by atoms with E-state index in [9.17, 15) is 0 Å². The summed E-state index contributed by atoms with van der Waals surface area (Å²) >= 11 is 0. The summed E-state index contributed by atoms with van der Waals surface area (Å²) < 4.78 is 0. The molecule has 0 aromatic heterocycles. The molecule has 0 heteroatoms. The van der Waals surface area contributed by atoms with E-state index in [2.05, 4.69) is 152 Å². The van der Waals surface area contributed by atoms with Gasteiger partial charge in [0.2, 0.25) is 0 Å². The molecule has 0 fully saturated rings. The van der Waals surface area contributed by atoms with Gasteiger partial charge in [0.25, 0.3) is 0 Å². The van der Waals surface area contributed by atoms with Crippen LogP contribution in [-0.2, 0) is 6.42 Å². The molecule has 2 aromatic rings. The first-order chi connectivity index (χ1) is 19.5. The molecule has 0 aliphatic rings. The molecule has 196 valence electrons. The van der Waals surface area contributed by atoms with Crippen molar-refractivity contribution in [2.24, 2.45) is 0 Å². The molecule has 0 amide bonds. The van der Waals surface area contributed by atoms with E-state index in [-0.39, 0.29) is 0 Å². The average Bonchev–Trinajstić information content (AvgIpc) is 2.98. The van der Waals surface area contributed by atoms with Crippen molar-refractivity contribution < 1.29 is 0 Å². The van der Waals surface area contributed by atoms with Crippen molar-refractivity contribution in [2.45, 2.75) is 41.0 Å². The third-order valence-electron chi connectivity index (χ3n) is 3.10. The van der Waals surface area contributed by atoms with Crippen LogP contribution in [0.3, 0.4) is 0 Å². The van der Waals surface area contributed by atoms with Gasteiger partial charge in [0.05, 0.1) is 0 Å². The molecule has 2 rings (SSSR count). The topological polar surface area (TPSA) is 0 Å². The van der Waals surface area contributed by atoms with Gasteiger partial charge in [-0.15, -0.1) is 32.4 Å². The molecule has 0 atom stereocenters. The molecule has 0 radical (unpaired) electrons. The first kappa shape index (κ1) is 41.1. The summed E-state index contributed by atoms with van der Waals surface area (Å²) in [6.07, 6.45) is 19.1. The summed E-state index contributed by atoms with van der Waals surface area (Å²) in [6.45, 7) is 16.5. The van der Waals surface area contributed by atoms with Crippen molar-refractivity contribution in [2.75, 3.05) is 0 Å². The lowest BCUT2D eigenvalue weighted by atomic mass is 10.2. The zero-order chi connectivity index (χ0) is 31.0. The predicted molar refractivity (Wildman–Crippen MR) is 178 cm³/mol. The highest BCUT2D eigenvalue weighted by atomic mass is 13.9. The molecule has 0 saturated heterocycles. The zero-order valence-electron chi connectivity index (χ0n) is 24.3. The van der Waals surface area contributed by atoms with E-state index in [4.69, 9.17) is 19.3 Å². The number of rotatable bonds is 1. The average molecular weight is 517 g/mol. The monoisotopic (exact) mass is 516 g/mol. The molecule has 0 aliphatic heterocycles. The number of terminal acetylenes is 3. The highest BCUT2D eigenvalue weighted by molar-refractivity contribution is 5.41. The Balaban J connectivity index is -0.000000203. The van der Waals surface area contributed by atoms with Crippen LogP contribution in [0.4, 0.5) is 0 Å². The van der Waals surface area contributed by atoms with Gasteiger partial charge in [0.15, 0.2) is 0 Å². The normalized spacial score (nSPS) is 5.65. The van der Waals surface area contributed by atoms with E-state index in [1.165, 1.54) is 11.1 Å². The number of benzene rings is 2. The fourth-order valence-electron chi connectivity index (χ4n) is 1.64. The lowest BCUT2D eigenvalue weighted by Crippen LogP contribution is -1.73. The second-order valence-corrected chi connectivity index (χ2v) is 6.37. The number of aryl methyl sites for hydroxylation is 2. The van der Waals surface area contributed by atoms with Gasteiger partial charge in [-0.25, -0.2) is 0 Å². The number of hydrogen-bond donors (Lipinski definition) is 0. The summed E-state index contributed by atoms with van der Waals surface area (Å²) in [5, 5.41) is 0. The van der Waals surface area contributed by atoms with Gasteiger partial charge >= 0.3 is 0 Å². The van der Waals surface area contributed by atoms with Crippen molar-refractivity contribution in [1.29, 1.82) is 0 Å². The second kappa shape index (κ2) is 43.1. The van der Waals surface area contributed by atoms with Crippen LogP contribution in [-0.4, -0.2) is 0 Å². The van der Waals surface area contributed by atoms with Crippen LogP contribution in [0.5, 0.6) is 0 Å². The Morgan fingerprint density at radius 1 is 0.575 bits per heavy atom. The summed E-state index contributed by atoms with van der Waals surface area (Å²) in [4.78, 5) is 0. The molecule has 0 bridgehead atoms. The van der Waals surface area contributed by atoms with Crippen LogP contribution in [0.15, 0.2) is 86.0 Å². The SMILES string of the molecule is C#CC#CC#CC#CC.C#CC#CC#CC#CC#C.C=CC.C=CC.CCc1ccccc1.Cc1ccccc1. The van der Waals surface area contributed by atoms with Crippen LogP contribution in [0.1, 0.15) is 38.8 Å². The van der Waals surface area contributed by atoms with Crippen molar-refractivity contribution >= 4 is 0 Å². The maximum Gasteiger partial charge on any atom is -0.000000673 e. The van der Waals surface area contributed by atoms with Crippen molar-refractivity contribution in [3.05, 3.63) is 97.1 Å². The first-order valence-electron chi connectivity index (χ1n) is 12.0. The Labute approximate surface area is 245 Å². The molecule has 0 heterocycles. The van der Waals surface area contributed by atoms with E-state index < -0.39 is 0 Å². The Bertz CT molecular complexity index is 1380. The minimum Gasteiger partial charge on any atom is -0.106 e. The molecule has 40 heavy (non-hydrogen) atoms. The first-order valence-corrected chi connectivity index (χ1v) is 12.0. The third-order valence-corrected chi connectivity index (χ3v) is 3.10. The molecule has 2 aromatic carbocycles. The van der Waals surface area contributed by atoms with Crippen LogP contribution in [0, 0.1) is 115 Å². The standard InChI is InChI=1S/C10H2.C9H4.C8H10.C7H8.2C3H6/c1-3-5-7-9-10-8-6-4-2;1-3-5-7-9-8-6-4-2;1-2-8-6-4-3-5-7-8;1-7-5-3-2-4-6-7;2*1-3-2/h1-2H;1H,2H3;3-7H,2H2,1H3;2-6H,1H3;2*3H,1H2,2H3. The Morgan fingerprint density at radius 3 is 1.10 bits per heavy atom. The van der Waals surface area contributed by atoms with E-state index in [0.29, 0.717) is 0 Å². The van der Waals surface area contributed by atoms with Gasteiger partial charge in [0, 0.05) is 0 Å². The van der Waals surface area contributed by atoms with Crippen LogP contribution in [0.25, 0.3) is 0 Å². The van der Waals surface area contributed by atoms with E-state index in [0.717, 1.165) is 6.42 Å². The lowest BCUT2D eigenvalue weighted by molar-refractivity contribution is 1.14. The molecular weight excluding hydrogens is 480 g/mol. The van der Waals surface area contributed by atoms with Crippen LogP contribution >= 0.6 is 0 Å². The van der Waals surface area contributed by atoms with Gasteiger partial charge in [-0.2, -0.15) is 0 Å². The van der Waals surface area contributed by atoms with Gasteiger partial charge in [-0.1, -0.05) is 91.2 Å². The fraction of sp³-hybridized carbons (Fsp3) is 0.150. The highest BCUT2D eigenvalue weighted by Gasteiger charge is 1.80. The smallest absolute Gasteiger partial charge is 0.000000673 e. The molecule has 0 spiro atoms. The molecule has 0 unspecified atom stereocenters. The third kappa shape index (κ3) is 49.2. The maximum atomic E-state index is 4.82. The maximum absolute atomic E-state index is 4.82. The predicted octanol–water partition coefficient (Wildman–Crippen LogP) is 7.54. The van der Waals surface area contributed by atoms with E-state index >= 15 is 0 Å². The van der Waals surface area contributed by atoms with E-state index in [1.54, 1.807) is 19.1 Å². The summed E-state index contributed by atoms with van der Waals surface area (Å²) in [7, 11) is 0. The molecule has 0 saturated carbocycles. The number of hydrogen-bond acceptors (Lipinski definition) is 0. The summed E-state index contributed by atoms with van der Waals surface area (Å²) in [5.41, 5.74) is 2.73. The van der Waals surface area contributed by atoms with Gasteiger partial charge in [-0.05, 0) is 123 Å². The highest BCUT2D eigenvalue weighted by Crippen LogP contribution is 1.96. The van der Waals surface area contributed by atoms with Crippen LogP contribution in [0.2, 0.25) is 0 Å². The minimum absolute atomic E-state index is 1.14. The van der Waals surface area contributed by atoms with Crippen molar-refractivity contribution in [3.8, 4) is 108 Å². The Kier molecular flexibility index (Phi) is 44.3. The minimum atomic E-state index is 1.14. The van der Waals surface area contributed by atoms with Crippen molar-refractivity contribution in [3.63, 3.8) is 0 Å². The number of allylic oxidation sites excluding steroid dienone is 2. The molecule has 0 nitrogen and oxygen atoms in total. The Hall–Kier alpha value is -6.04. The van der Waals surface area contributed by atoms with Crippen molar-refractivity contribution in [1.82, 2.24) is 0 Å². The molecule has 0 aliphatic carbocycles. The second-order valence-electron chi connectivity index (χ2n) is 6.37. The largest absolute Gasteiger partial charge is 0.106 e. The van der Waals surface area contributed by atoms with Gasteiger partial charge in [0.1, 0.15) is 0 Å². The summed E-state index contributed by atoms with van der Waals surface area (Å²) in [5.74, 6) is 35.4. The molecule has 0 N–H and O–H groups in total. The van der Waals surface area contributed by atoms with Gasteiger partial charge in [-0.3, -0.25) is 0 Å². The van der Waals surface area contributed by atoms with E-state index in [1.807, 2.05) is 38.1 Å². The zero-order valence-corrected chi connectivity index (χ0v) is 24.3.